The minimum atomic E-state index is -0.789. The van der Waals surface area contributed by atoms with E-state index in [1.165, 1.54) is 30.4 Å². The highest BCUT2D eigenvalue weighted by molar-refractivity contribution is 9.10. The number of hydrogen-bond acceptors (Lipinski definition) is 6. The fraction of sp³-hybridized carbons (Fsp3) is 0.375. The van der Waals surface area contributed by atoms with Gasteiger partial charge in [0.2, 0.25) is 5.91 Å². The second kappa shape index (κ2) is 7.28. The van der Waals surface area contributed by atoms with Gasteiger partial charge in [0.15, 0.2) is 0 Å². The van der Waals surface area contributed by atoms with Crippen molar-refractivity contribution in [2.45, 2.75) is 30.3 Å². The second-order valence-corrected chi connectivity index (χ2v) is 7.89. The van der Waals surface area contributed by atoms with Crippen LogP contribution in [0.3, 0.4) is 0 Å². The summed E-state index contributed by atoms with van der Waals surface area (Å²) in [6.45, 7) is 1.52. The molecule has 2 unspecified atom stereocenters. The SMILES string of the molecule is COC(=O)C(C)NC(=O)CC1CSc2cc(Br)cc3[nH]c(=O)c(=O)n1c23. The number of benzene rings is 1. The van der Waals surface area contributed by atoms with E-state index in [2.05, 4.69) is 31.0 Å². The number of H-pyrrole nitrogens is 1. The number of aromatic amines is 1. The molecule has 0 saturated heterocycles. The molecule has 2 N–H and O–H groups in total. The monoisotopic (exact) mass is 441 g/mol. The van der Waals surface area contributed by atoms with Crippen LogP contribution in [0.4, 0.5) is 0 Å². The van der Waals surface area contributed by atoms with E-state index in [9.17, 15) is 19.2 Å². The molecule has 8 nitrogen and oxygen atoms in total. The molecular weight excluding hydrogens is 426 g/mol. The van der Waals surface area contributed by atoms with Crippen LogP contribution < -0.4 is 16.4 Å². The van der Waals surface area contributed by atoms with Gasteiger partial charge in [-0.05, 0) is 19.1 Å². The topological polar surface area (TPSA) is 110 Å². The van der Waals surface area contributed by atoms with Crippen molar-refractivity contribution in [1.82, 2.24) is 14.9 Å². The average molecular weight is 442 g/mol. The quantitative estimate of drug-likeness (QED) is 0.544. The standard InChI is InChI=1S/C16H16BrN3O5S/c1-7(16(24)25-2)18-12(21)5-9-6-26-11-4-8(17)3-10-13(11)20(9)15(23)14(22)19-10/h3-4,7,9H,5-6H2,1-2H3,(H,18,21)(H,19,22). The Hall–Kier alpha value is -2.07. The van der Waals surface area contributed by atoms with Gasteiger partial charge in [-0.2, -0.15) is 0 Å². The van der Waals surface area contributed by atoms with Gasteiger partial charge in [0.25, 0.3) is 0 Å². The van der Waals surface area contributed by atoms with Gasteiger partial charge in [0.05, 0.1) is 24.2 Å². The van der Waals surface area contributed by atoms with E-state index in [-0.39, 0.29) is 6.42 Å². The van der Waals surface area contributed by atoms with E-state index >= 15 is 0 Å². The molecule has 1 aromatic carbocycles. The number of esters is 1. The number of ether oxygens (including phenoxy) is 1. The Labute approximate surface area is 160 Å². The van der Waals surface area contributed by atoms with Crippen LogP contribution in [-0.4, -0.2) is 40.3 Å². The van der Waals surface area contributed by atoms with Gasteiger partial charge in [-0.25, -0.2) is 4.79 Å². The molecule has 1 aliphatic rings. The van der Waals surface area contributed by atoms with Crippen molar-refractivity contribution >= 4 is 50.6 Å². The first kappa shape index (κ1) is 18.7. The van der Waals surface area contributed by atoms with Crippen molar-refractivity contribution in [2.75, 3.05) is 12.9 Å². The minimum Gasteiger partial charge on any atom is -0.467 e. The Bertz CT molecular complexity index is 1020. The second-order valence-electron chi connectivity index (χ2n) is 5.91. The highest BCUT2D eigenvalue weighted by Crippen LogP contribution is 2.37. The van der Waals surface area contributed by atoms with E-state index in [1.807, 2.05) is 6.07 Å². The number of nitrogens with one attached hydrogen (secondary N) is 2. The predicted octanol–water partition coefficient (Wildman–Crippen LogP) is 1.17. The summed E-state index contributed by atoms with van der Waals surface area (Å²) < 4.78 is 6.75. The smallest absolute Gasteiger partial charge is 0.328 e. The van der Waals surface area contributed by atoms with Crippen LogP contribution in [-0.2, 0) is 14.3 Å². The first-order chi connectivity index (χ1) is 12.3. The third-order valence-electron chi connectivity index (χ3n) is 4.09. The van der Waals surface area contributed by atoms with E-state index < -0.39 is 35.1 Å². The summed E-state index contributed by atoms with van der Waals surface area (Å²) in [5.74, 6) is -0.487. The maximum Gasteiger partial charge on any atom is 0.328 e. The van der Waals surface area contributed by atoms with Gasteiger partial charge in [-0.15, -0.1) is 11.8 Å². The van der Waals surface area contributed by atoms with E-state index in [0.717, 1.165) is 9.37 Å². The van der Waals surface area contributed by atoms with Crippen molar-refractivity contribution < 1.29 is 14.3 Å². The Morgan fingerprint density at radius 2 is 2.19 bits per heavy atom. The van der Waals surface area contributed by atoms with Gasteiger partial charge in [-0.3, -0.25) is 19.0 Å². The van der Waals surface area contributed by atoms with Crippen LogP contribution in [0.2, 0.25) is 0 Å². The molecule has 26 heavy (non-hydrogen) atoms. The Morgan fingerprint density at radius 1 is 1.46 bits per heavy atom. The normalized spacial score (nSPS) is 17.0. The number of methoxy groups -OCH3 is 1. The lowest BCUT2D eigenvalue weighted by molar-refractivity contribution is -0.144. The zero-order valence-electron chi connectivity index (χ0n) is 14.0. The van der Waals surface area contributed by atoms with E-state index in [1.54, 1.807) is 6.07 Å². The lowest BCUT2D eigenvalue weighted by atomic mass is 10.1. The average Bonchev–Trinajstić information content (AvgIpc) is 2.59. The van der Waals surface area contributed by atoms with Crippen LogP contribution in [0.25, 0.3) is 11.0 Å². The van der Waals surface area contributed by atoms with Crippen LogP contribution in [0.15, 0.2) is 31.1 Å². The molecule has 0 radical (unpaired) electrons. The molecule has 2 aromatic rings. The van der Waals surface area contributed by atoms with Gasteiger partial charge < -0.3 is 15.0 Å². The largest absolute Gasteiger partial charge is 0.467 e. The summed E-state index contributed by atoms with van der Waals surface area (Å²) in [7, 11) is 1.24. The molecule has 0 aliphatic carbocycles. The molecule has 3 rings (SSSR count). The summed E-state index contributed by atoms with van der Waals surface area (Å²) in [5.41, 5.74) is -0.297. The Kier molecular flexibility index (Phi) is 5.24. The summed E-state index contributed by atoms with van der Waals surface area (Å²) in [5, 5.41) is 2.55. The maximum atomic E-state index is 12.4. The lowest BCUT2D eigenvalue weighted by Gasteiger charge is -2.27. The van der Waals surface area contributed by atoms with Crippen molar-refractivity contribution in [2.24, 2.45) is 0 Å². The van der Waals surface area contributed by atoms with Gasteiger partial charge in [0.1, 0.15) is 6.04 Å². The first-order valence-corrected chi connectivity index (χ1v) is 9.57. The summed E-state index contributed by atoms with van der Waals surface area (Å²) in [6, 6.07) is 2.31. The van der Waals surface area contributed by atoms with Gasteiger partial charge >= 0.3 is 17.1 Å². The molecular formula is C16H16BrN3O5S. The summed E-state index contributed by atoms with van der Waals surface area (Å²) >= 11 is 4.89. The lowest BCUT2D eigenvalue weighted by Crippen LogP contribution is -2.44. The zero-order valence-corrected chi connectivity index (χ0v) is 16.4. The van der Waals surface area contributed by atoms with Crippen molar-refractivity contribution in [3.05, 3.63) is 37.3 Å². The third-order valence-corrected chi connectivity index (χ3v) is 5.72. The molecule has 0 bridgehead atoms. The number of amides is 1. The summed E-state index contributed by atoms with van der Waals surface area (Å²) in [4.78, 5) is 51.6. The van der Waals surface area contributed by atoms with E-state index in [4.69, 9.17) is 0 Å². The van der Waals surface area contributed by atoms with E-state index in [0.29, 0.717) is 16.8 Å². The van der Waals surface area contributed by atoms with Crippen molar-refractivity contribution in [3.63, 3.8) is 0 Å². The van der Waals surface area contributed by atoms with Gasteiger partial charge in [0, 0.05) is 21.5 Å². The number of halogens is 1. The molecule has 138 valence electrons. The molecule has 1 aliphatic heterocycles. The third kappa shape index (κ3) is 3.43. The Morgan fingerprint density at radius 3 is 2.88 bits per heavy atom. The van der Waals surface area contributed by atoms with Crippen LogP contribution in [0.1, 0.15) is 19.4 Å². The number of carbonyl (C=O) groups is 2. The summed E-state index contributed by atoms with van der Waals surface area (Å²) in [6.07, 6.45) is -0.0255. The minimum absolute atomic E-state index is 0.0255. The number of rotatable bonds is 4. The number of hydrogen-bond donors (Lipinski definition) is 2. The van der Waals surface area contributed by atoms with Crippen molar-refractivity contribution in [1.29, 1.82) is 0 Å². The van der Waals surface area contributed by atoms with Gasteiger partial charge in [-0.1, -0.05) is 15.9 Å². The van der Waals surface area contributed by atoms with Crippen molar-refractivity contribution in [3.8, 4) is 0 Å². The number of carbonyl (C=O) groups excluding carboxylic acids is 2. The molecule has 1 aromatic heterocycles. The zero-order chi connectivity index (χ0) is 19.0. The highest BCUT2D eigenvalue weighted by Gasteiger charge is 2.28. The molecule has 0 fully saturated rings. The highest BCUT2D eigenvalue weighted by atomic mass is 79.9. The molecule has 1 amide bonds. The maximum absolute atomic E-state index is 12.4. The van der Waals surface area contributed by atoms with Crippen LogP contribution >= 0.6 is 27.7 Å². The number of thioether (sulfide) groups is 1. The van der Waals surface area contributed by atoms with Crippen LogP contribution in [0, 0.1) is 0 Å². The van der Waals surface area contributed by atoms with Crippen LogP contribution in [0.5, 0.6) is 0 Å². The number of aromatic nitrogens is 2. The molecule has 10 heteroatoms. The molecule has 0 spiro atoms. The fourth-order valence-corrected chi connectivity index (χ4v) is 4.73. The Balaban J connectivity index is 1.97. The number of nitrogens with zero attached hydrogens (tertiary/aromatic N) is 1. The fourth-order valence-electron chi connectivity index (χ4n) is 2.92. The molecule has 2 heterocycles. The molecule has 0 saturated carbocycles. The molecule has 2 atom stereocenters. The first-order valence-electron chi connectivity index (χ1n) is 7.80. The predicted molar refractivity (Wildman–Crippen MR) is 101 cm³/mol.